The molecule has 0 aromatic heterocycles. The van der Waals surface area contributed by atoms with Crippen LogP contribution in [0, 0.1) is 0 Å². The van der Waals surface area contributed by atoms with Crippen molar-refractivity contribution in [1.29, 1.82) is 0 Å². The van der Waals surface area contributed by atoms with Crippen molar-refractivity contribution in [3.05, 3.63) is 129 Å². The van der Waals surface area contributed by atoms with Gasteiger partial charge in [0.1, 0.15) is 12.6 Å². The lowest BCUT2D eigenvalue weighted by atomic mass is 9.94. The van der Waals surface area contributed by atoms with E-state index in [2.05, 4.69) is 37.2 Å². The SMILES string of the molecule is O=C(NC1CCCCC1)[C@@H](Cc1ccccc1)N(Cc1cccc(Br)c1)C(=O)CN(c1cccc(Br)c1)S(=O)(=O)c1ccccc1. The molecule has 1 aliphatic carbocycles. The second-order valence-electron chi connectivity index (χ2n) is 11.5. The molecule has 1 atom stereocenters. The quantitative estimate of drug-likeness (QED) is 0.162. The summed E-state index contributed by atoms with van der Waals surface area (Å²) in [5, 5.41) is 3.24. The van der Waals surface area contributed by atoms with Crippen molar-refractivity contribution in [2.45, 2.75) is 62.0 Å². The zero-order valence-corrected chi connectivity index (χ0v) is 29.4. The average molecular weight is 768 g/mol. The number of hydrogen-bond donors (Lipinski definition) is 1. The topological polar surface area (TPSA) is 86.8 Å². The molecule has 240 valence electrons. The van der Waals surface area contributed by atoms with Gasteiger partial charge in [-0.2, -0.15) is 0 Å². The molecule has 0 bridgehead atoms. The Balaban J connectivity index is 1.56. The predicted octanol–water partition coefficient (Wildman–Crippen LogP) is 7.50. The molecular formula is C36H37Br2N3O4S. The number of anilines is 1. The van der Waals surface area contributed by atoms with Crippen LogP contribution in [0.2, 0.25) is 0 Å². The van der Waals surface area contributed by atoms with Crippen LogP contribution < -0.4 is 9.62 Å². The van der Waals surface area contributed by atoms with Gasteiger partial charge in [0.15, 0.2) is 0 Å². The van der Waals surface area contributed by atoms with Crippen molar-refractivity contribution in [2.75, 3.05) is 10.8 Å². The van der Waals surface area contributed by atoms with E-state index in [1.54, 1.807) is 47.4 Å². The summed E-state index contributed by atoms with van der Waals surface area (Å²) in [7, 11) is -4.15. The van der Waals surface area contributed by atoms with E-state index in [4.69, 9.17) is 0 Å². The van der Waals surface area contributed by atoms with Gasteiger partial charge in [0.2, 0.25) is 11.8 Å². The first-order chi connectivity index (χ1) is 22.2. The van der Waals surface area contributed by atoms with E-state index in [0.717, 1.165) is 52.0 Å². The van der Waals surface area contributed by atoms with Gasteiger partial charge in [-0.15, -0.1) is 0 Å². The number of halogens is 2. The van der Waals surface area contributed by atoms with Gasteiger partial charge in [-0.3, -0.25) is 13.9 Å². The molecular weight excluding hydrogens is 730 g/mol. The molecule has 1 N–H and O–H groups in total. The minimum atomic E-state index is -4.15. The monoisotopic (exact) mass is 765 g/mol. The second kappa shape index (κ2) is 15.9. The van der Waals surface area contributed by atoms with Gasteiger partial charge in [-0.05, 0) is 66.4 Å². The Labute approximate surface area is 288 Å². The van der Waals surface area contributed by atoms with E-state index in [1.165, 1.54) is 12.1 Å². The summed E-state index contributed by atoms with van der Waals surface area (Å²) in [6.07, 6.45) is 5.32. The Bertz CT molecular complexity index is 1730. The first-order valence-electron chi connectivity index (χ1n) is 15.4. The van der Waals surface area contributed by atoms with Crippen LogP contribution >= 0.6 is 31.9 Å². The minimum Gasteiger partial charge on any atom is -0.352 e. The Morgan fingerprint density at radius 2 is 1.37 bits per heavy atom. The van der Waals surface area contributed by atoms with Gasteiger partial charge in [-0.25, -0.2) is 8.42 Å². The molecule has 0 heterocycles. The van der Waals surface area contributed by atoms with Gasteiger partial charge in [0.05, 0.1) is 10.6 Å². The fraction of sp³-hybridized carbons (Fsp3) is 0.278. The Morgan fingerprint density at radius 3 is 2.02 bits per heavy atom. The van der Waals surface area contributed by atoms with Crippen LogP contribution in [0.15, 0.2) is 123 Å². The first-order valence-corrected chi connectivity index (χ1v) is 18.4. The number of nitrogens with one attached hydrogen (secondary N) is 1. The highest BCUT2D eigenvalue weighted by Crippen LogP contribution is 2.28. The van der Waals surface area contributed by atoms with Crippen molar-refractivity contribution in [3.8, 4) is 0 Å². The second-order valence-corrected chi connectivity index (χ2v) is 15.2. The van der Waals surface area contributed by atoms with Crippen LogP contribution in [-0.4, -0.2) is 43.8 Å². The maximum atomic E-state index is 14.6. The summed E-state index contributed by atoms with van der Waals surface area (Å²) in [5.74, 6) is -0.724. The smallest absolute Gasteiger partial charge is 0.264 e. The van der Waals surface area contributed by atoms with E-state index in [1.807, 2.05) is 54.6 Å². The zero-order chi connectivity index (χ0) is 32.5. The molecule has 0 saturated heterocycles. The Kier molecular flexibility index (Phi) is 11.7. The van der Waals surface area contributed by atoms with Crippen LogP contribution in [0.3, 0.4) is 0 Å². The number of sulfonamides is 1. The fourth-order valence-electron chi connectivity index (χ4n) is 5.81. The number of nitrogens with zero attached hydrogens (tertiary/aromatic N) is 2. The molecule has 4 aromatic carbocycles. The summed E-state index contributed by atoms with van der Waals surface area (Å²) >= 11 is 6.98. The summed E-state index contributed by atoms with van der Waals surface area (Å²) < 4.78 is 30.9. The van der Waals surface area contributed by atoms with Crippen molar-refractivity contribution in [1.82, 2.24) is 10.2 Å². The summed E-state index contributed by atoms with van der Waals surface area (Å²) in [4.78, 5) is 30.4. The highest BCUT2D eigenvalue weighted by Gasteiger charge is 2.35. The van der Waals surface area contributed by atoms with E-state index in [-0.39, 0.29) is 29.8 Å². The van der Waals surface area contributed by atoms with Gasteiger partial charge in [-0.1, -0.05) is 118 Å². The first kappa shape index (κ1) is 33.9. The molecule has 0 spiro atoms. The fourth-order valence-corrected chi connectivity index (χ4v) is 8.07. The van der Waals surface area contributed by atoms with Gasteiger partial charge in [0.25, 0.3) is 10.0 Å². The molecule has 1 saturated carbocycles. The summed E-state index contributed by atoms with van der Waals surface area (Å²) in [5.41, 5.74) is 2.05. The molecule has 0 unspecified atom stereocenters. The average Bonchev–Trinajstić information content (AvgIpc) is 3.06. The summed E-state index contributed by atoms with van der Waals surface area (Å²) in [6, 6.07) is 31.3. The predicted molar refractivity (Wildman–Crippen MR) is 189 cm³/mol. The van der Waals surface area contributed by atoms with E-state index < -0.39 is 28.5 Å². The van der Waals surface area contributed by atoms with Gasteiger partial charge in [0, 0.05) is 28.0 Å². The van der Waals surface area contributed by atoms with Crippen LogP contribution in [0.1, 0.15) is 43.2 Å². The highest BCUT2D eigenvalue weighted by molar-refractivity contribution is 9.10. The van der Waals surface area contributed by atoms with Crippen molar-refractivity contribution in [2.24, 2.45) is 0 Å². The minimum absolute atomic E-state index is 0.0407. The molecule has 5 rings (SSSR count). The third-order valence-electron chi connectivity index (χ3n) is 8.17. The number of carbonyl (C=O) groups excluding carboxylic acids is 2. The standard InChI is InChI=1S/C36H37Br2N3O4S/c37-29-15-10-14-28(22-29)25-40(34(23-27-12-4-1-5-13-27)36(43)39-31-17-6-2-7-18-31)35(42)26-41(32-19-11-16-30(38)24-32)46(44,45)33-20-8-3-9-21-33/h1,3-5,8-16,19-22,24,31,34H,2,6-7,17-18,23,25-26H2,(H,39,43)/t34-/m1/s1. The molecule has 0 aliphatic heterocycles. The number of rotatable bonds is 12. The zero-order valence-electron chi connectivity index (χ0n) is 25.4. The lowest BCUT2D eigenvalue weighted by Gasteiger charge is -2.35. The molecule has 46 heavy (non-hydrogen) atoms. The van der Waals surface area contributed by atoms with E-state index in [9.17, 15) is 18.0 Å². The molecule has 1 fully saturated rings. The summed E-state index contributed by atoms with van der Waals surface area (Å²) in [6.45, 7) is -0.380. The van der Waals surface area contributed by atoms with Crippen LogP contribution in [0.25, 0.3) is 0 Å². The molecule has 10 heteroatoms. The van der Waals surface area contributed by atoms with Gasteiger partial charge < -0.3 is 10.2 Å². The molecule has 7 nitrogen and oxygen atoms in total. The van der Waals surface area contributed by atoms with Crippen molar-refractivity contribution < 1.29 is 18.0 Å². The van der Waals surface area contributed by atoms with Crippen LogP contribution in [-0.2, 0) is 32.6 Å². The van der Waals surface area contributed by atoms with Crippen LogP contribution in [0.5, 0.6) is 0 Å². The van der Waals surface area contributed by atoms with E-state index in [0.29, 0.717) is 10.2 Å². The van der Waals surface area contributed by atoms with Crippen molar-refractivity contribution >= 4 is 59.4 Å². The van der Waals surface area contributed by atoms with Crippen LogP contribution in [0.4, 0.5) is 5.69 Å². The number of benzene rings is 4. The third-order valence-corrected chi connectivity index (χ3v) is 10.9. The Hall–Kier alpha value is -3.47. The highest BCUT2D eigenvalue weighted by atomic mass is 79.9. The molecule has 1 aliphatic rings. The number of hydrogen-bond acceptors (Lipinski definition) is 4. The maximum absolute atomic E-state index is 14.6. The Morgan fingerprint density at radius 1 is 0.761 bits per heavy atom. The lowest BCUT2D eigenvalue weighted by Crippen LogP contribution is -2.55. The van der Waals surface area contributed by atoms with E-state index >= 15 is 0 Å². The van der Waals surface area contributed by atoms with Gasteiger partial charge >= 0.3 is 0 Å². The molecule has 2 amide bonds. The number of carbonyl (C=O) groups is 2. The van der Waals surface area contributed by atoms with Crippen molar-refractivity contribution in [3.63, 3.8) is 0 Å². The normalized spacial score (nSPS) is 14.3. The molecule has 4 aromatic rings. The third kappa shape index (κ3) is 8.86. The number of amides is 2. The maximum Gasteiger partial charge on any atom is 0.264 e. The lowest BCUT2D eigenvalue weighted by molar-refractivity contribution is -0.140. The largest absolute Gasteiger partial charge is 0.352 e. The molecule has 0 radical (unpaired) electrons.